The molecule has 0 aromatic carbocycles. The topological polar surface area (TPSA) is 24.1 Å². The second-order valence-electron chi connectivity index (χ2n) is 4.42. The number of allylic oxidation sites excluding steroid dienone is 1. The monoisotopic (exact) mass is 154 g/mol. The first-order valence-corrected chi connectivity index (χ1v) is 4.08. The average molecular weight is 154 g/mol. The first-order chi connectivity index (χ1) is 4.81. The highest BCUT2D eigenvalue weighted by Crippen LogP contribution is 2.18. The van der Waals surface area contributed by atoms with Gasteiger partial charge >= 0.3 is 0 Å². The third-order valence-electron chi connectivity index (χ3n) is 1.72. The number of rotatable bonds is 0. The molecule has 2 nitrogen and oxygen atoms in total. The molecule has 0 aliphatic carbocycles. The van der Waals surface area contributed by atoms with Crippen LogP contribution < -0.4 is 10.6 Å². The van der Waals surface area contributed by atoms with E-state index in [0.717, 1.165) is 0 Å². The van der Waals surface area contributed by atoms with Gasteiger partial charge in [0.25, 0.3) is 0 Å². The van der Waals surface area contributed by atoms with Crippen LogP contribution in [-0.4, -0.2) is 11.2 Å². The quantitative estimate of drug-likeness (QED) is 0.554. The molecule has 0 unspecified atom stereocenters. The summed E-state index contributed by atoms with van der Waals surface area (Å²) in [5.41, 5.74) is 1.38. The molecule has 1 rings (SSSR count). The van der Waals surface area contributed by atoms with E-state index in [2.05, 4.69) is 51.3 Å². The van der Waals surface area contributed by atoms with Crippen LogP contribution >= 0.6 is 0 Å². The van der Waals surface area contributed by atoms with Crippen molar-refractivity contribution in [2.75, 3.05) is 0 Å². The van der Waals surface area contributed by atoms with Crippen molar-refractivity contribution in [3.8, 4) is 0 Å². The van der Waals surface area contributed by atoms with Crippen LogP contribution in [0.25, 0.3) is 0 Å². The fourth-order valence-corrected chi connectivity index (χ4v) is 1.94. The first kappa shape index (κ1) is 8.60. The van der Waals surface area contributed by atoms with Gasteiger partial charge in [0.1, 0.15) is 0 Å². The molecule has 1 heterocycles. The predicted molar refractivity (Wildman–Crippen MR) is 48.2 cm³/mol. The molecule has 0 radical (unpaired) electrons. The van der Waals surface area contributed by atoms with Crippen molar-refractivity contribution in [3.05, 3.63) is 11.8 Å². The molecule has 0 saturated carbocycles. The Balaban J connectivity index is 2.86. The van der Waals surface area contributed by atoms with Gasteiger partial charge in [-0.3, -0.25) is 5.32 Å². The minimum absolute atomic E-state index is 0.0162. The molecule has 64 valence electrons. The van der Waals surface area contributed by atoms with Gasteiger partial charge in [-0.25, -0.2) is 0 Å². The lowest BCUT2D eigenvalue weighted by Crippen LogP contribution is -2.61. The van der Waals surface area contributed by atoms with Gasteiger partial charge in [-0.1, -0.05) is 0 Å². The molecule has 0 spiro atoms. The van der Waals surface area contributed by atoms with Crippen LogP contribution in [0.4, 0.5) is 0 Å². The zero-order valence-corrected chi connectivity index (χ0v) is 8.08. The molecular weight excluding hydrogens is 136 g/mol. The van der Waals surface area contributed by atoms with E-state index in [1.165, 1.54) is 5.70 Å². The van der Waals surface area contributed by atoms with E-state index in [4.69, 9.17) is 0 Å². The minimum Gasteiger partial charge on any atom is -0.371 e. The van der Waals surface area contributed by atoms with Crippen LogP contribution in [0.2, 0.25) is 0 Å². The van der Waals surface area contributed by atoms with Gasteiger partial charge in [-0.2, -0.15) is 0 Å². The van der Waals surface area contributed by atoms with Gasteiger partial charge in [0.2, 0.25) is 0 Å². The number of nitrogens with one attached hydrogen (secondary N) is 2. The third-order valence-corrected chi connectivity index (χ3v) is 1.72. The summed E-state index contributed by atoms with van der Waals surface area (Å²) in [6, 6.07) is 0. The highest BCUT2D eigenvalue weighted by molar-refractivity contribution is 5.15. The standard InChI is InChI=1S/C9H18N2/c1-7-6-8(2,3)11-9(4,5)10-7/h6,10-11H,1-5H3. The SMILES string of the molecule is CC1=CC(C)(C)NC(C)(C)N1. The summed E-state index contributed by atoms with van der Waals surface area (Å²) in [6.07, 6.45) is 2.21. The van der Waals surface area contributed by atoms with Crippen molar-refractivity contribution in [1.82, 2.24) is 10.6 Å². The first-order valence-electron chi connectivity index (χ1n) is 4.08. The lowest BCUT2D eigenvalue weighted by Gasteiger charge is -2.41. The second-order valence-corrected chi connectivity index (χ2v) is 4.42. The molecule has 0 amide bonds. The van der Waals surface area contributed by atoms with E-state index >= 15 is 0 Å². The zero-order chi connectivity index (χ0) is 8.70. The summed E-state index contributed by atoms with van der Waals surface area (Å²) in [6.45, 7) is 10.7. The van der Waals surface area contributed by atoms with Crippen LogP contribution in [0.3, 0.4) is 0 Å². The summed E-state index contributed by atoms with van der Waals surface area (Å²) >= 11 is 0. The van der Waals surface area contributed by atoms with Crippen molar-refractivity contribution < 1.29 is 0 Å². The van der Waals surface area contributed by atoms with Crippen molar-refractivity contribution in [3.63, 3.8) is 0 Å². The maximum absolute atomic E-state index is 3.47. The summed E-state index contributed by atoms with van der Waals surface area (Å²) in [5, 5.41) is 6.84. The smallest absolute Gasteiger partial charge is 0.0827 e. The second kappa shape index (κ2) is 2.24. The Hall–Kier alpha value is -0.500. The lowest BCUT2D eigenvalue weighted by atomic mass is 9.97. The maximum atomic E-state index is 3.47. The fraction of sp³-hybridized carbons (Fsp3) is 0.778. The number of hydrogen-bond donors (Lipinski definition) is 2. The van der Waals surface area contributed by atoms with Crippen molar-refractivity contribution in [2.24, 2.45) is 0 Å². The molecule has 2 N–H and O–H groups in total. The molecule has 0 aromatic rings. The molecule has 0 atom stereocenters. The van der Waals surface area contributed by atoms with Gasteiger partial charge in [0, 0.05) is 11.2 Å². The maximum Gasteiger partial charge on any atom is 0.0827 e. The Morgan fingerprint density at radius 2 is 1.73 bits per heavy atom. The molecule has 0 saturated heterocycles. The molecule has 1 aliphatic rings. The van der Waals surface area contributed by atoms with Crippen LogP contribution in [-0.2, 0) is 0 Å². The summed E-state index contributed by atoms with van der Waals surface area (Å²) in [5.74, 6) is 0. The molecule has 1 aliphatic heterocycles. The van der Waals surface area contributed by atoms with Crippen LogP contribution in [0.15, 0.2) is 11.8 Å². The van der Waals surface area contributed by atoms with E-state index in [9.17, 15) is 0 Å². The van der Waals surface area contributed by atoms with Crippen LogP contribution in [0.5, 0.6) is 0 Å². The minimum atomic E-state index is 0.0162. The van der Waals surface area contributed by atoms with E-state index in [1.807, 2.05) is 0 Å². The lowest BCUT2D eigenvalue weighted by molar-refractivity contribution is 0.248. The van der Waals surface area contributed by atoms with E-state index in [-0.39, 0.29) is 11.2 Å². The Kier molecular flexibility index (Phi) is 1.75. The Morgan fingerprint density at radius 1 is 1.18 bits per heavy atom. The predicted octanol–water partition coefficient (Wildman–Crippen LogP) is 1.60. The van der Waals surface area contributed by atoms with Crippen molar-refractivity contribution >= 4 is 0 Å². The van der Waals surface area contributed by atoms with Crippen LogP contribution in [0.1, 0.15) is 34.6 Å². The van der Waals surface area contributed by atoms with E-state index in [1.54, 1.807) is 0 Å². The fourth-order valence-electron chi connectivity index (χ4n) is 1.94. The van der Waals surface area contributed by atoms with E-state index < -0.39 is 0 Å². The third kappa shape index (κ3) is 2.22. The van der Waals surface area contributed by atoms with Crippen molar-refractivity contribution in [1.29, 1.82) is 0 Å². The Bertz CT molecular complexity index is 190. The zero-order valence-electron chi connectivity index (χ0n) is 8.08. The molecular formula is C9H18N2. The highest BCUT2D eigenvalue weighted by atomic mass is 15.2. The summed E-state index contributed by atoms with van der Waals surface area (Å²) < 4.78 is 0. The summed E-state index contributed by atoms with van der Waals surface area (Å²) in [7, 11) is 0. The average Bonchev–Trinajstić information content (AvgIpc) is 1.49. The Morgan fingerprint density at radius 3 is 2.09 bits per heavy atom. The van der Waals surface area contributed by atoms with Gasteiger partial charge in [-0.05, 0) is 40.7 Å². The molecule has 0 aromatic heterocycles. The number of hydrogen-bond acceptors (Lipinski definition) is 2. The summed E-state index contributed by atoms with van der Waals surface area (Å²) in [4.78, 5) is 0. The van der Waals surface area contributed by atoms with Crippen molar-refractivity contribution in [2.45, 2.75) is 45.8 Å². The molecule has 0 fully saturated rings. The largest absolute Gasteiger partial charge is 0.371 e. The highest BCUT2D eigenvalue weighted by Gasteiger charge is 2.29. The Labute approximate surface area is 69.1 Å². The van der Waals surface area contributed by atoms with Gasteiger partial charge in [0.15, 0.2) is 0 Å². The van der Waals surface area contributed by atoms with Gasteiger partial charge in [0.05, 0.1) is 5.66 Å². The molecule has 0 bridgehead atoms. The normalized spacial score (nSPS) is 27.2. The van der Waals surface area contributed by atoms with Gasteiger partial charge < -0.3 is 5.32 Å². The molecule has 2 heteroatoms. The van der Waals surface area contributed by atoms with Crippen LogP contribution in [0, 0.1) is 0 Å². The van der Waals surface area contributed by atoms with Gasteiger partial charge in [-0.15, -0.1) is 0 Å². The molecule has 11 heavy (non-hydrogen) atoms. The van der Waals surface area contributed by atoms with E-state index in [0.29, 0.717) is 0 Å².